The van der Waals surface area contributed by atoms with E-state index in [4.69, 9.17) is 0 Å². The Balaban J connectivity index is 1.62. The van der Waals surface area contributed by atoms with Gasteiger partial charge in [-0.15, -0.1) is 0 Å². The van der Waals surface area contributed by atoms with Crippen LogP contribution in [0.1, 0.15) is 18.9 Å². The lowest BCUT2D eigenvalue weighted by atomic mass is 10.0. The number of amides is 2. The summed E-state index contributed by atoms with van der Waals surface area (Å²) in [6, 6.07) is 13.5. The van der Waals surface area contributed by atoms with E-state index in [1.807, 2.05) is 31.2 Å². The lowest BCUT2D eigenvalue weighted by molar-refractivity contribution is -0.384. The van der Waals surface area contributed by atoms with Crippen molar-refractivity contribution in [1.82, 2.24) is 9.80 Å². The molecule has 0 atom stereocenters. The molecule has 0 saturated carbocycles. The van der Waals surface area contributed by atoms with E-state index in [2.05, 4.69) is 22.2 Å². The number of likely N-dealkylation sites (N-methyl/N-ethyl adjacent to an activating group) is 1. The van der Waals surface area contributed by atoms with Crippen molar-refractivity contribution in [2.75, 3.05) is 50.0 Å². The van der Waals surface area contributed by atoms with Crippen LogP contribution in [0.3, 0.4) is 0 Å². The number of nitro groups is 1. The second-order valence-electron chi connectivity index (χ2n) is 8.28. The predicted octanol–water partition coefficient (Wildman–Crippen LogP) is 2.95. The van der Waals surface area contributed by atoms with Crippen molar-refractivity contribution >= 4 is 34.4 Å². The molecule has 2 aliphatic rings. The zero-order chi connectivity index (χ0) is 23.5. The maximum Gasteiger partial charge on any atom is 0.278 e. The van der Waals surface area contributed by atoms with Gasteiger partial charge in [0, 0.05) is 56.2 Å². The molecule has 1 fully saturated rings. The van der Waals surface area contributed by atoms with Gasteiger partial charge in [-0.2, -0.15) is 0 Å². The van der Waals surface area contributed by atoms with Crippen LogP contribution in [0.25, 0.3) is 5.57 Å². The molecule has 4 rings (SSSR count). The molecule has 1 N–H and O–H groups in total. The van der Waals surface area contributed by atoms with Gasteiger partial charge in [-0.1, -0.05) is 6.92 Å². The average molecular weight is 450 g/mol. The van der Waals surface area contributed by atoms with E-state index in [0.29, 0.717) is 24.2 Å². The number of non-ortho nitro benzene ring substituents is 1. The van der Waals surface area contributed by atoms with Gasteiger partial charge in [0.15, 0.2) is 0 Å². The molecule has 9 nitrogen and oxygen atoms in total. The Kier molecular flexibility index (Phi) is 6.41. The minimum Gasteiger partial charge on any atom is -0.369 e. The van der Waals surface area contributed by atoms with Crippen LogP contribution < -0.4 is 10.2 Å². The zero-order valence-electron chi connectivity index (χ0n) is 18.8. The van der Waals surface area contributed by atoms with Gasteiger partial charge in [-0.3, -0.25) is 24.6 Å². The molecule has 9 heteroatoms. The topological polar surface area (TPSA) is 99.0 Å². The molecule has 0 unspecified atom stereocenters. The van der Waals surface area contributed by atoms with Crippen molar-refractivity contribution in [1.29, 1.82) is 0 Å². The fourth-order valence-corrected chi connectivity index (χ4v) is 4.10. The van der Waals surface area contributed by atoms with Crippen LogP contribution in [0.2, 0.25) is 0 Å². The van der Waals surface area contributed by atoms with Gasteiger partial charge >= 0.3 is 0 Å². The van der Waals surface area contributed by atoms with E-state index in [-0.39, 0.29) is 17.0 Å². The summed E-state index contributed by atoms with van der Waals surface area (Å²) >= 11 is 0. The molecule has 0 aromatic heterocycles. The van der Waals surface area contributed by atoms with Gasteiger partial charge < -0.3 is 15.1 Å². The summed E-state index contributed by atoms with van der Waals surface area (Å²) in [7, 11) is 2.11. The van der Waals surface area contributed by atoms with Gasteiger partial charge in [0.25, 0.3) is 17.5 Å². The highest BCUT2D eigenvalue weighted by Gasteiger charge is 2.38. The lowest BCUT2D eigenvalue weighted by Gasteiger charge is -2.34. The van der Waals surface area contributed by atoms with Crippen LogP contribution in [0.4, 0.5) is 17.1 Å². The summed E-state index contributed by atoms with van der Waals surface area (Å²) in [6.07, 6.45) is 0.637. The molecule has 33 heavy (non-hydrogen) atoms. The molecule has 1 saturated heterocycles. The predicted molar refractivity (Wildman–Crippen MR) is 127 cm³/mol. The molecule has 2 aromatic rings. The number of carbonyl (C=O) groups is 2. The van der Waals surface area contributed by atoms with Gasteiger partial charge in [-0.25, -0.2) is 0 Å². The van der Waals surface area contributed by atoms with Gasteiger partial charge in [0.1, 0.15) is 5.70 Å². The van der Waals surface area contributed by atoms with Crippen molar-refractivity contribution in [3.05, 3.63) is 69.9 Å². The van der Waals surface area contributed by atoms with E-state index in [1.165, 1.54) is 29.2 Å². The fourth-order valence-electron chi connectivity index (χ4n) is 4.10. The Morgan fingerprint density at radius 1 is 0.939 bits per heavy atom. The summed E-state index contributed by atoms with van der Waals surface area (Å²) in [5, 5.41) is 14.1. The van der Waals surface area contributed by atoms with E-state index in [0.717, 1.165) is 31.9 Å². The number of hydrogen-bond donors (Lipinski definition) is 1. The molecule has 0 aliphatic carbocycles. The third-order valence-electron chi connectivity index (χ3n) is 5.99. The molecule has 2 aromatic carbocycles. The molecule has 2 aliphatic heterocycles. The Morgan fingerprint density at radius 2 is 1.58 bits per heavy atom. The lowest BCUT2D eigenvalue weighted by Crippen LogP contribution is -2.44. The van der Waals surface area contributed by atoms with Crippen LogP contribution in [0.5, 0.6) is 0 Å². The van der Waals surface area contributed by atoms with Gasteiger partial charge in [-0.05, 0) is 55.4 Å². The third-order valence-corrected chi connectivity index (χ3v) is 5.99. The third kappa shape index (κ3) is 4.58. The normalized spacial score (nSPS) is 17.2. The summed E-state index contributed by atoms with van der Waals surface area (Å²) < 4.78 is 0. The van der Waals surface area contributed by atoms with Crippen LogP contribution in [-0.4, -0.2) is 66.3 Å². The first-order chi connectivity index (χ1) is 15.9. The molecule has 2 amide bonds. The number of imide groups is 1. The minimum atomic E-state index is -0.496. The van der Waals surface area contributed by atoms with E-state index >= 15 is 0 Å². The largest absolute Gasteiger partial charge is 0.369 e. The maximum atomic E-state index is 13.1. The van der Waals surface area contributed by atoms with Crippen molar-refractivity contribution < 1.29 is 14.5 Å². The van der Waals surface area contributed by atoms with E-state index < -0.39 is 16.7 Å². The maximum absolute atomic E-state index is 13.1. The fraction of sp³-hybridized carbons (Fsp3) is 0.333. The number of nitrogens with one attached hydrogen (secondary N) is 1. The summed E-state index contributed by atoms with van der Waals surface area (Å²) in [5.74, 6) is -0.786. The van der Waals surface area contributed by atoms with Crippen molar-refractivity contribution in [2.24, 2.45) is 0 Å². The highest BCUT2D eigenvalue weighted by Crippen LogP contribution is 2.32. The van der Waals surface area contributed by atoms with E-state index in [1.54, 1.807) is 0 Å². The molecule has 0 bridgehead atoms. The highest BCUT2D eigenvalue weighted by molar-refractivity contribution is 6.36. The van der Waals surface area contributed by atoms with Crippen molar-refractivity contribution in [2.45, 2.75) is 13.3 Å². The van der Waals surface area contributed by atoms with Crippen molar-refractivity contribution in [3.63, 3.8) is 0 Å². The summed E-state index contributed by atoms with van der Waals surface area (Å²) in [4.78, 5) is 42.5. The number of piperazine rings is 1. The Labute approximate surface area is 192 Å². The van der Waals surface area contributed by atoms with Crippen LogP contribution in [0.15, 0.2) is 54.2 Å². The molecular formula is C24H27N5O4. The first kappa shape index (κ1) is 22.5. The number of nitro benzene ring substituents is 1. The number of nitrogens with zero attached hydrogens (tertiary/aromatic N) is 4. The number of carbonyl (C=O) groups excluding carboxylic acids is 2. The summed E-state index contributed by atoms with van der Waals surface area (Å²) in [5.41, 5.74) is 2.62. The Morgan fingerprint density at radius 3 is 2.15 bits per heavy atom. The highest BCUT2D eigenvalue weighted by atomic mass is 16.6. The van der Waals surface area contributed by atoms with Gasteiger partial charge in [0.2, 0.25) is 0 Å². The summed E-state index contributed by atoms with van der Waals surface area (Å²) in [6.45, 7) is 6.14. The van der Waals surface area contributed by atoms with Crippen LogP contribution >= 0.6 is 0 Å². The van der Waals surface area contributed by atoms with Crippen LogP contribution in [0, 0.1) is 10.1 Å². The quantitative estimate of drug-likeness (QED) is 0.394. The standard InChI is InChI=1S/C24H27N5O4/c1-3-12-28-23(30)21(17-4-8-20(9-5-17)29(32)33)22(24(28)31)25-18-6-10-19(11-7-18)27-15-13-26(2)14-16-27/h4-11,25H,3,12-16H2,1-2H3. The zero-order valence-corrected chi connectivity index (χ0v) is 18.8. The van der Waals surface area contributed by atoms with Crippen LogP contribution in [-0.2, 0) is 9.59 Å². The number of anilines is 2. The Hall–Kier alpha value is -3.72. The molecule has 0 spiro atoms. The van der Waals surface area contributed by atoms with Gasteiger partial charge in [0.05, 0.1) is 10.5 Å². The number of benzene rings is 2. The van der Waals surface area contributed by atoms with Crippen molar-refractivity contribution in [3.8, 4) is 0 Å². The molecule has 172 valence electrons. The second kappa shape index (κ2) is 9.41. The smallest absolute Gasteiger partial charge is 0.278 e. The average Bonchev–Trinajstić information content (AvgIpc) is 3.04. The molecular weight excluding hydrogens is 422 g/mol. The Bertz CT molecular complexity index is 1090. The second-order valence-corrected chi connectivity index (χ2v) is 8.28. The SMILES string of the molecule is CCCN1C(=O)C(Nc2ccc(N3CCN(C)CC3)cc2)=C(c2ccc([N+](=O)[O-])cc2)C1=O. The minimum absolute atomic E-state index is 0.0736. The molecule has 2 heterocycles. The first-order valence-electron chi connectivity index (χ1n) is 11.0. The monoisotopic (exact) mass is 449 g/mol. The first-order valence-corrected chi connectivity index (χ1v) is 11.0. The number of hydrogen-bond acceptors (Lipinski definition) is 7. The van der Waals surface area contributed by atoms with E-state index in [9.17, 15) is 19.7 Å². The molecule has 0 radical (unpaired) electrons. The number of rotatable bonds is 7.